The largest absolute Gasteiger partial charge is 0.508 e. The van der Waals surface area contributed by atoms with E-state index in [0.717, 1.165) is 17.7 Å². The smallest absolute Gasteiger partial charge is 0.416 e. The molecule has 3 rings (SSSR count). The Balaban J connectivity index is 1.59. The predicted molar refractivity (Wildman–Crippen MR) is 102 cm³/mol. The molecule has 0 saturated heterocycles. The van der Waals surface area contributed by atoms with Gasteiger partial charge in [-0.1, -0.05) is 30.3 Å². The molecule has 0 aliphatic heterocycles. The highest BCUT2D eigenvalue weighted by molar-refractivity contribution is 7.14. The number of nitrogens with one attached hydrogen (secondary N) is 1. The van der Waals surface area contributed by atoms with Gasteiger partial charge in [0.2, 0.25) is 5.13 Å². The van der Waals surface area contributed by atoms with Gasteiger partial charge in [0.25, 0.3) is 0 Å². The summed E-state index contributed by atoms with van der Waals surface area (Å²) < 4.78 is 37.8. The van der Waals surface area contributed by atoms with Crippen LogP contribution in [0.2, 0.25) is 0 Å². The second kappa shape index (κ2) is 8.05. The zero-order valence-electron chi connectivity index (χ0n) is 13.8. The summed E-state index contributed by atoms with van der Waals surface area (Å²) in [6.45, 7) is 0. The Bertz CT molecular complexity index is 963. The van der Waals surface area contributed by atoms with Crippen molar-refractivity contribution in [2.24, 2.45) is 5.10 Å². The number of hydrogen-bond donors (Lipinski definition) is 2. The molecular formula is C19H14F3N3OS. The number of phenols is 1. The molecule has 0 saturated carbocycles. The molecule has 0 aliphatic carbocycles. The number of allylic oxidation sites excluding steroid dienone is 1. The summed E-state index contributed by atoms with van der Waals surface area (Å²) in [4.78, 5) is 4.30. The van der Waals surface area contributed by atoms with E-state index in [1.807, 2.05) is 6.07 Å². The van der Waals surface area contributed by atoms with Crippen LogP contribution >= 0.6 is 11.3 Å². The van der Waals surface area contributed by atoms with Gasteiger partial charge in [-0.15, -0.1) is 11.3 Å². The first-order valence-electron chi connectivity index (χ1n) is 7.80. The van der Waals surface area contributed by atoms with Gasteiger partial charge in [0, 0.05) is 17.2 Å². The van der Waals surface area contributed by atoms with Gasteiger partial charge in [0.1, 0.15) is 5.75 Å². The second-order valence-electron chi connectivity index (χ2n) is 5.46. The molecule has 0 amide bonds. The van der Waals surface area contributed by atoms with Crippen molar-refractivity contribution < 1.29 is 18.3 Å². The lowest BCUT2D eigenvalue weighted by Crippen LogP contribution is -2.03. The van der Waals surface area contributed by atoms with Crippen LogP contribution in [0.5, 0.6) is 5.75 Å². The van der Waals surface area contributed by atoms with Crippen LogP contribution < -0.4 is 5.43 Å². The first kappa shape index (κ1) is 18.7. The fourth-order valence-electron chi connectivity index (χ4n) is 2.21. The minimum Gasteiger partial charge on any atom is -0.508 e. The van der Waals surface area contributed by atoms with E-state index in [1.165, 1.54) is 29.7 Å². The molecule has 1 aromatic heterocycles. The topological polar surface area (TPSA) is 57.5 Å². The van der Waals surface area contributed by atoms with Gasteiger partial charge in [0.15, 0.2) is 0 Å². The molecule has 3 aromatic rings. The SMILES string of the molecule is Oc1cccc(C=CC=NNc2nc(-c3ccc(C(F)(F)F)cc3)cs2)c1. The molecule has 0 spiro atoms. The maximum absolute atomic E-state index is 12.6. The van der Waals surface area contributed by atoms with E-state index < -0.39 is 11.7 Å². The van der Waals surface area contributed by atoms with Crippen LogP contribution in [0.3, 0.4) is 0 Å². The van der Waals surface area contributed by atoms with Gasteiger partial charge in [-0.2, -0.15) is 18.3 Å². The molecule has 0 unspecified atom stereocenters. The van der Waals surface area contributed by atoms with Gasteiger partial charge in [-0.3, -0.25) is 5.43 Å². The van der Waals surface area contributed by atoms with Crippen molar-refractivity contribution in [2.75, 3.05) is 5.43 Å². The fraction of sp³-hybridized carbons (Fsp3) is 0.0526. The van der Waals surface area contributed by atoms with Gasteiger partial charge in [-0.25, -0.2) is 4.98 Å². The monoisotopic (exact) mass is 389 g/mol. The third-order valence-electron chi connectivity index (χ3n) is 3.49. The van der Waals surface area contributed by atoms with Crippen LogP contribution in [-0.4, -0.2) is 16.3 Å². The summed E-state index contributed by atoms with van der Waals surface area (Å²) >= 11 is 1.30. The van der Waals surface area contributed by atoms with Gasteiger partial charge < -0.3 is 5.11 Å². The van der Waals surface area contributed by atoms with Crippen molar-refractivity contribution in [1.82, 2.24) is 4.98 Å². The lowest BCUT2D eigenvalue weighted by molar-refractivity contribution is -0.137. The number of phenolic OH excluding ortho intramolecular Hbond substituents is 1. The first-order valence-corrected chi connectivity index (χ1v) is 8.68. The van der Waals surface area contributed by atoms with Crippen molar-refractivity contribution >= 4 is 28.8 Å². The van der Waals surface area contributed by atoms with Crippen molar-refractivity contribution in [3.05, 3.63) is 71.1 Å². The first-order chi connectivity index (χ1) is 12.9. The average molecular weight is 389 g/mol. The summed E-state index contributed by atoms with van der Waals surface area (Å²) in [6, 6.07) is 11.6. The quantitative estimate of drug-likeness (QED) is 0.438. The van der Waals surface area contributed by atoms with Crippen molar-refractivity contribution in [3.8, 4) is 17.0 Å². The Hall–Kier alpha value is -3.13. The lowest BCUT2D eigenvalue weighted by Gasteiger charge is -2.06. The number of aromatic nitrogens is 1. The minimum atomic E-state index is -4.35. The Morgan fingerprint density at radius 1 is 1.11 bits per heavy atom. The van der Waals surface area contributed by atoms with Crippen LogP contribution in [-0.2, 0) is 6.18 Å². The summed E-state index contributed by atoms with van der Waals surface area (Å²) in [5.74, 6) is 0.186. The highest BCUT2D eigenvalue weighted by Crippen LogP contribution is 2.31. The van der Waals surface area contributed by atoms with Crippen LogP contribution in [0.25, 0.3) is 17.3 Å². The maximum Gasteiger partial charge on any atom is 0.416 e. The number of halogens is 3. The van der Waals surface area contributed by atoms with Crippen LogP contribution in [0.1, 0.15) is 11.1 Å². The molecule has 0 aliphatic rings. The standard InChI is InChI=1S/C19H14F3N3OS/c20-19(21,22)15-8-6-14(7-9-15)17-12-27-18(24-17)25-23-10-2-4-13-3-1-5-16(26)11-13/h1-12,26H,(H,24,25). The second-order valence-corrected chi connectivity index (χ2v) is 6.32. The van der Waals surface area contributed by atoms with Crippen LogP contribution in [0.15, 0.2) is 65.1 Å². The number of hydrogen-bond acceptors (Lipinski definition) is 5. The zero-order valence-corrected chi connectivity index (χ0v) is 14.6. The van der Waals surface area contributed by atoms with E-state index in [-0.39, 0.29) is 5.75 Å². The predicted octanol–water partition coefficient (Wildman–Crippen LogP) is 5.65. The molecule has 0 bridgehead atoms. The number of alkyl halides is 3. The number of aromatic hydroxyl groups is 1. The average Bonchev–Trinajstić information content (AvgIpc) is 3.10. The summed E-state index contributed by atoms with van der Waals surface area (Å²) in [7, 11) is 0. The van der Waals surface area contributed by atoms with Gasteiger partial charge in [0.05, 0.1) is 11.3 Å². The Morgan fingerprint density at radius 3 is 2.59 bits per heavy atom. The molecule has 8 heteroatoms. The zero-order chi connectivity index (χ0) is 19.3. The Morgan fingerprint density at radius 2 is 1.89 bits per heavy atom. The maximum atomic E-state index is 12.6. The molecule has 1 heterocycles. The lowest BCUT2D eigenvalue weighted by atomic mass is 10.1. The fourth-order valence-corrected chi connectivity index (χ4v) is 2.87. The van der Waals surface area contributed by atoms with Crippen LogP contribution in [0.4, 0.5) is 18.3 Å². The number of hydrazone groups is 1. The number of rotatable bonds is 5. The van der Waals surface area contributed by atoms with Gasteiger partial charge in [-0.05, 0) is 35.9 Å². The molecule has 0 fully saturated rings. The van der Waals surface area contributed by atoms with E-state index in [0.29, 0.717) is 16.4 Å². The molecule has 138 valence electrons. The highest BCUT2D eigenvalue weighted by Gasteiger charge is 2.30. The highest BCUT2D eigenvalue weighted by atomic mass is 32.1. The third-order valence-corrected chi connectivity index (χ3v) is 4.24. The van der Waals surface area contributed by atoms with E-state index >= 15 is 0 Å². The number of benzene rings is 2. The van der Waals surface area contributed by atoms with E-state index in [2.05, 4.69) is 15.5 Å². The summed E-state index contributed by atoms with van der Waals surface area (Å²) in [5, 5.41) is 15.6. The Labute approximate surface area is 157 Å². The molecule has 0 radical (unpaired) electrons. The van der Waals surface area contributed by atoms with Crippen molar-refractivity contribution in [2.45, 2.75) is 6.18 Å². The van der Waals surface area contributed by atoms with E-state index in [4.69, 9.17) is 0 Å². The van der Waals surface area contributed by atoms with Gasteiger partial charge >= 0.3 is 6.18 Å². The number of thiazole rings is 1. The van der Waals surface area contributed by atoms with E-state index in [1.54, 1.807) is 35.7 Å². The third kappa shape index (κ3) is 5.18. The van der Waals surface area contributed by atoms with Crippen LogP contribution in [0, 0.1) is 0 Å². The summed E-state index contributed by atoms with van der Waals surface area (Å²) in [5.41, 5.74) is 4.07. The van der Waals surface area contributed by atoms with Crippen molar-refractivity contribution in [1.29, 1.82) is 0 Å². The molecule has 27 heavy (non-hydrogen) atoms. The number of nitrogens with zero attached hydrogens (tertiary/aromatic N) is 2. The molecular weight excluding hydrogens is 375 g/mol. The Kier molecular flexibility index (Phi) is 5.56. The summed E-state index contributed by atoms with van der Waals surface area (Å²) in [6.07, 6.45) is 0.657. The normalized spacial score (nSPS) is 12.1. The molecule has 0 atom stereocenters. The molecule has 2 aromatic carbocycles. The number of anilines is 1. The van der Waals surface area contributed by atoms with E-state index in [9.17, 15) is 18.3 Å². The molecule has 2 N–H and O–H groups in total. The minimum absolute atomic E-state index is 0.186. The molecule has 4 nitrogen and oxygen atoms in total. The van der Waals surface area contributed by atoms with Crippen molar-refractivity contribution in [3.63, 3.8) is 0 Å².